The van der Waals surface area contributed by atoms with Gasteiger partial charge in [-0.25, -0.2) is 4.79 Å². The first-order chi connectivity index (χ1) is 7.91. The SMILES string of the molecule is C=C1CC[C@]2(C)[C@H]1C(C(=O)C(=O)OC)=C[C@H]2O. The number of allylic oxidation sites excluding steroid dienone is 1. The fourth-order valence-corrected chi connectivity index (χ4v) is 2.95. The van der Waals surface area contributed by atoms with Gasteiger partial charge >= 0.3 is 5.97 Å². The maximum absolute atomic E-state index is 11.9. The Kier molecular flexibility index (Phi) is 2.70. The van der Waals surface area contributed by atoms with Crippen LogP contribution < -0.4 is 0 Å². The van der Waals surface area contributed by atoms with Crippen LogP contribution in [-0.2, 0) is 14.3 Å². The van der Waals surface area contributed by atoms with Crippen molar-refractivity contribution in [3.63, 3.8) is 0 Å². The summed E-state index contributed by atoms with van der Waals surface area (Å²) in [7, 11) is 1.18. The Morgan fingerprint density at radius 3 is 2.82 bits per heavy atom. The van der Waals surface area contributed by atoms with Crippen molar-refractivity contribution in [1.82, 2.24) is 0 Å². The molecule has 0 unspecified atom stereocenters. The zero-order valence-corrected chi connectivity index (χ0v) is 10.0. The second kappa shape index (κ2) is 3.81. The summed E-state index contributed by atoms with van der Waals surface area (Å²) in [6.07, 6.45) is 2.35. The fourth-order valence-electron chi connectivity index (χ4n) is 2.95. The predicted molar refractivity (Wildman–Crippen MR) is 61.1 cm³/mol. The van der Waals surface area contributed by atoms with Crippen LogP contribution in [0.15, 0.2) is 23.8 Å². The molecule has 2 aliphatic carbocycles. The third-order valence-electron chi connectivity index (χ3n) is 4.01. The van der Waals surface area contributed by atoms with Gasteiger partial charge in [-0.1, -0.05) is 19.1 Å². The van der Waals surface area contributed by atoms with E-state index >= 15 is 0 Å². The van der Waals surface area contributed by atoms with Crippen LogP contribution in [0.25, 0.3) is 0 Å². The highest BCUT2D eigenvalue weighted by Gasteiger charge is 2.53. The molecule has 1 saturated carbocycles. The highest BCUT2D eigenvalue weighted by molar-refractivity contribution is 6.40. The molecule has 1 N–H and O–H groups in total. The molecule has 4 heteroatoms. The van der Waals surface area contributed by atoms with Crippen molar-refractivity contribution >= 4 is 11.8 Å². The van der Waals surface area contributed by atoms with E-state index in [2.05, 4.69) is 11.3 Å². The first-order valence-electron chi connectivity index (χ1n) is 5.62. The molecule has 0 spiro atoms. The predicted octanol–water partition coefficient (Wildman–Crippen LogP) is 1.00. The van der Waals surface area contributed by atoms with Gasteiger partial charge in [-0.15, -0.1) is 0 Å². The van der Waals surface area contributed by atoms with Gasteiger partial charge < -0.3 is 9.84 Å². The average molecular weight is 236 g/mol. The van der Waals surface area contributed by atoms with Crippen molar-refractivity contribution in [1.29, 1.82) is 0 Å². The zero-order chi connectivity index (χ0) is 12.8. The van der Waals surface area contributed by atoms with E-state index in [0.29, 0.717) is 5.57 Å². The lowest BCUT2D eigenvalue weighted by molar-refractivity contribution is -0.150. The summed E-state index contributed by atoms with van der Waals surface area (Å²) in [5, 5.41) is 10.0. The number of Topliss-reactive ketones (excluding diaryl/α,β-unsaturated/α-hetero) is 1. The van der Waals surface area contributed by atoms with Crippen LogP contribution in [0, 0.1) is 11.3 Å². The van der Waals surface area contributed by atoms with Gasteiger partial charge in [-0.3, -0.25) is 4.79 Å². The van der Waals surface area contributed by atoms with E-state index in [1.807, 2.05) is 6.92 Å². The summed E-state index contributed by atoms with van der Waals surface area (Å²) in [5.41, 5.74) is 0.859. The molecule has 17 heavy (non-hydrogen) atoms. The molecule has 92 valence electrons. The van der Waals surface area contributed by atoms with Crippen LogP contribution in [0.3, 0.4) is 0 Å². The van der Waals surface area contributed by atoms with Crippen molar-refractivity contribution in [2.24, 2.45) is 11.3 Å². The van der Waals surface area contributed by atoms with E-state index in [4.69, 9.17) is 0 Å². The number of fused-ring (bicyclic) bond motifs is 1. The molecule has 0 heterocycles. The number of rotatable bonds is 2. The van der Waals surface area contributed by atoms with E-state index in [1.165, 1.54) is 13.2 Å². The van der Waals surface area contributed by atoms with Gasteiger partial charge in [0.05, 0.1) is 13.2 Å². The number of hydrogen-bond donors (Lipinski definition) is 1. The summed E-state index contributed by atoms with van der Waals surface area (Å²) in [4.78, 5) is 23.1. The third-order valence-corrected chi connectivity index (χ3v) is 4.01. The molecule has 4 nitrogen and oxygen atoms in total. The number of esters is 1. The average Bonchev–Trinajstić information content (AvgIpc) is 2.74. The molecule has 0 aromatic heterocycles. The summed E-state index contributed by atoms with van der Waals surface area (Å²) in [6.45, 7) is 5.86. The normalized spacial score (nSPS) is 35.5. The van der Waals surface area contributed by atoms with E-state index in [9.17, 15) is 14.7 Å². The molecule has 0 aromatic carbocycles. The van der Waals surface area contributed by atoms with E-state index < -0.39 is 23.3 Å². The molecular formula is C13H16O4. The van der Waals surface area contributed by atoms with Crippen molar-refractivity contribution in [3.05, 3.63) is 23.8 Å². The van der Waals surface area contributed by atoms with Crippen LogP contribution in [0.1, 0.15) is 19.8 Å². The van der Waals surface area contributed by atoms with Crippen LogP contribution in [-0.4, -0.2) is 30.1 Å². The number of aliphatic hydroxyl groups is 1. The highest BCUT2D eigenvalue weighted by Crippen LogP contribution is 2.55. The van der Waals surface area contributed by atoms with Crippen LogP contribution >= 0.6 is 0 Å². The van der Waals surface area contributed by atoms with Crippen molar-refractivity contribution < 1.29 is 19.4 Å². The minimum Gasteiger partial charge on any atom is -0.463 e. The summed E-state index contributed by atoms with van der Waals surface area (Å²) in [5.74, 6) is -1.76. The van der Waals surface area contributed by atoms with Crippen molar-refractivity contribution in [3.8, 4) is 0 Å². The van der Waals surface area contributed by atoms with E-state index in [1.54, 1.807) is 0 Å². The van der Waals surface area contributed by atoms with E-state index in [0.717, 1.165) is 18.4 Å². The minimum atomic E-state index is -0.882. The molecule has 0 amide bonds. The molecule has 2 aliphatic rings. The maximum Gasteiger partial charge on any atom is 0.379 e. The van der Waals surface area contributed by atoms with Gasteiger partial charge in [0.1, 0.15) is 0 Å². The monoisotopic (exact) mass is 236 g/mol. The quantitative estimate of drug-likeness (QED) is 0.441. The Labute approximate surface area is 100.0 Å². The molecular weight excluding hydrogens is 220 g/mol. The van der Waals surface area contributed by atoms with Gasteiger partial charge in [-0.05, 0) is 18.9 Å². The highest BCUT2D eigenvalue weighted by atomic mass is 16.5. The van der Waals surface area contributed by atoms with Crippen molar-refractivity contribution in [2.45, 2.75) is 25.9 Å². The number of carbonyl (C=O) groups excluding carboxylic acids is 2. The molecule has 1 fully saturated rings. The minimum absolute atomic E-state index is 0.218. The number of aliphatic hydroxyl groups excluding tert-OH is 1. The Morgan fingerprint density at radius 2 is 2.24 bits per heavy atom. The van der Waals surface area contributed by atoms with Gasteiger partial charge in [0.15, 0.2) is 0 Å². The molecule has 0 aromatic rings. The molecule has 2 rings (SSSR count). The van der Waals surface area contributed by atoms with Gasteiger partial charge in [0, 0.05) is 16.9 Å². The fraction of sp³-hybridized carbons (Fsp3) is 0.538. The smallest absolute Gasteiger partial charge is 0.379 e. The van der Waals surface area contributed by atoms with Gasteiger partial charge in [-0.2, -0.15) is 0 Å². The van der Waals surface area contributed by atoms with Crippen LogP contribution in [0.4, 0.5) is 0 Å². The lowest BCUT2D eigenvalue weighted by Crippen LogP contribution is -2.31. The topological polar surface area (TPSA) is 63.6 Å². The molecule has 0 bridgehead atoms. The number of carbonyl (C=O) groups is 2. The first kappa shape index (κ1) is 12.0. The van der Waals surface area contributed by atoms with Crippen molar-refractivity contribution in [2.75, 3.05) is 7.11 Å². The summed E-state index contributed by atoms with van der Waals surface area (Å²) in [6, 6.07) is 0. The summed E-state index contributed by atoms with van der Waals surface area (Å²) >= 11 is 0. The lowest BCUT2D eigenvalue weighted by Gasteiger charge is -2.29. The Balaban J connectivity index is 2.37. The largest absolute Gasteiger partial charge is 0.463 e. The maximum atomic E-state index is 11.9. The zero-order valence-electron chi connectivity index (χ0n) is 10.0. The van der Waals surface area contributed by atoms with Gasteiger partial charge in [0.2, 0.25) is 0 Å². The first-order valence-corrected chi connectivity index (χ1v) is 5.62. The third kappa shape index (κ3) is 1.55. The molecule has 0 radical (unpaired) electrons. The Hall–Kier alpha value is -1.42. The Bertz CT molecular complexity index is 435. The van der Waals surface area contributed by atoms with E-state index in [-0.39, 0.29) is 5.92 Å². The molecule has 0 aliphatic heterocycles. The number of methoxy groups -OCH3 is 1. The standard InChI is InChI=1S/C13H16O4/c1-7-4-5-13(2)9(14)6-8(10(7)13)11(15)12(16)17-3/h6,9-10,14H,1,4-5H2,2-3H3/t9-,10-,13+/m1/s1. The molecule has 0 saturated heterocycles. The Morgan fingerprint density at radius 1 is 1.59 bits per heavy atom. The van der Waals surface area contributed by atoms with Crippen LogP contribution in [0.2, 0.25) is 0 Å². The second-order valence-electron chi connectivity index (χ2n) is 4.98. The summed E-state index contributed by atoms with van der Waals surface area (Å²) < 4.78 is 4.44. The van der Waals surface area contributed by atoms with Crippen LogP contribution in [0.5, 0.6) is 0 Å². The lowest BCUT2D eigenvalue weighted by atomic mass is 9.76. The molecule has 3 atom stereocenters. The number of ether oxygens (including phenoxy) is 1. The number of hydrogen-bond acceptors (Lipinski definition) is 4. The number of ketones is 1. The second-order valence-corrected chi connectivity index (χ2v) is 4.98. The van der Waals surface area contributed by atoms with Gasteiger partial charge in [0.25, 0.3) is 5.78 Å².